The van der Waals surface area contributed by atoms with Crippen LogP contribution in [0.15, 0.2) is 30.6 Å². The van der Waals surface area contributed by atoms with Gasteiger partial charge in [-0.15, -0.1) is 0 Å². The van der Waals surface area contributed by atoms with Crippen LogP contribution in [-0.4, -0.2) is 27.7 Å². The van der Waals surface area contributed by atoms with Crippen molar-refractivity contribution in [1.29, 1.82) is 0 Å². The van der Waals surface area contributed by atoms with Crippen LogP contribution in [0.4, 0.5) is 16.0 Å². The molecule has 110 valence electrons. The van der Waals surface area contributed by atoms with Crippen LogP contribution < -0.4 is 10.6 Å². The number of aromatic nitrogens is 2. The predicted molar refractivity (Wildman–Crippen MR) is 78.6 cm³/mol. The van der Waals surface area contributed by atoms with E-state index >= 15 is 0 Å². The first-order valence-corrected chi connectivity index (χ1v) is 6.90. The Balaban J connectivity index is 1.99. The summed E-state index contributed by atoms with van der Waals surface area (Å²) in [5, 5.41) is 10.2. The molecule has 2 heterocycles. The molecule has 0 amide bonds. The average Bonchev–Trinajstić information content (AvgIpc) is 2.84. The fraction of sp³-hybridized carbons (Fsp3) is 0.286. The number of hydrogen-bond donors (Lipinski definition) is 2. The Morgan fingerprint density at radius 3 is 2.71 bits per heavy atom. The summed E-state index contributed by atoms with van der Waals surface area (Å²) < 4.78 is 13.1. The SMILES string of the molecule is Nc1ncnc(N2C[C@@H](O)C[C@@H]2c2ccc(F)cc2)c1Cl. The number of nitrogen functional groups attached to an aromatic ring is 1. The second-order valence-electron chi connectivity index (χ2n) is 5.01. The molecular formula is C14H14ClFN4O. The molecule has 5 nitrogen and oxygen atoms in total. The van der Waals surface area contributed by atoms with Crippen LogP contribution >= 0.6 is 11.6 Å². The molecule has 2 atom stereocenters. The number of anilines is 2. The summed E-state index contributed by atoms with van der Waals surface area (Å²) in [5.74, 6) is 0.379. The third kappa shape index (κ3) is 2.64. The highest BCUT2D eigenvalue weighted by molar-refractivity contribution is 6.35. The Morgan fingerprint density at radius 1 is 1.29 bits per heavy atom. The fourth-order valence-electron chi connectivity index (χ4n) is 2.62. The van der Waals surface area contributed by atoms with E-state index < -0.39 is 6.10 Å². The minimum absolute atomic E-state index is 0.132. The summed E-state index contributed by atoms with van der Waals surface area (Å²) in [6.07, 6.45) is 1.35. The molecule has 3 N–H and O–H groups in total. The third-order valence-corrected chi connectivity index (χ3v) is 3.97. The van der Waals surface area contributed by atoms with Crippen molar-refractivity contribution in [2.24, 2.45) is 0 Å². The first kappa shape index (κ1) is 14.0. The van der Waals surface area contributed by atoms with Gasteiger partial charge in [0.05, 0.1) is 12.1 Å². The molecule has 1 aliphatic heterocycles. The second-order valence-corrected chi connectivity index (χ2v) is 5.38. The molecule has 1 aromatic carbocycles. The van der Waals surface area contributed by atoms with Gasteiger partial charge >= 0.3 is 0 Å². The molecule has 3 rings (SSSR count). The van der Waals surface area contributed by atoms with Crippen molar-refractivity contribution < 1.29 is 9.50 Å². The van der Waals surface area contributed by atoms with Gasteiger partial charge in [-0.3, -0.25) is 0 Å². The normalized spacial score (nSPS) is 21.8. The number of aliphatic hydroxyl groups is 1. The number of benzene rings is 1. The summed E-state index contributed by atoms with van der Waals surface area (Å²) in [6.45, 7) is 0.387. The van der Waals surface area contributed by atoms with Gasteiger partial charge in [-0.2, -0.15) is 0 Å². The monoisotopic (exact) mass is 308 g/mol. The van der Waals surface area contributed by atoms with E-state index in [1.807, 2.05) is 4.90 Å². The van der Waals surface area contributed by atoms with Crippen LogP contribution in [0.1, 0.15) is 18.0 Å². The summed E-state index contributed by atoms with van der Waals surface area (Å²) in [5.41, 5.74) is 6.60. The molecule has 1 aliphatic rings. The van der Waals surface area contributed by atoms with Gasteiger partial charge in [0.2, 0.25) is 0 Å². The van der Waals surface area contributed by atoms with Crippen LogP contribution in [0, 0.1) is 5.82 Å². The molecule has 1 aromatic heterocycles. The number of nitrogens with zero attached hydrogens (tertiary/aromatic N) is 3. The Kier molecular flexibility index (Phi) is 3.65. The van der Waals surface area contributed by atoms with E-state index in [1.165, 1.54) is 18.5 Å². The van der Waals surface area contributed by atoms with Gasteiger partial charge in [0.25, 0.3) is 0 Å². The summed E-state index contributed by atoms with van der Waals surface area (Å²) in [6, 6.07) is 6.06. The largest absolute Gasteiger partial charge is 0.391 e. The Morgan fingerprint density at radius 2 is 2.00 bits per heavy atom. The number of aliphatic hydroxyl groups excluding tert-OH is 1. The van der Waals surface area contributed by atoms with Crippen LogP contribution in [0.5, 0.6) is 0 Å². The Hall–Kier alpha value is -1.92. The van der Waals surface area contributed by atoms with Crippen molar-refractivity contribution in [3.63, 3.8) is 0 Å². The smallest absolute Gasteiger partial charge is 0.153 e. The van der Waals surface area contributed by atoms with Crippen LogP contribution in [0.25, 0.3) is 0 Å². The molecule has 1 saturated heterocycles. The molecule has 2 aromatic rings. The molecule has 1 fully saturated rings. The number of halogens is 2. The maximum absolute atomic E-state index is 13.1. The predicted octanol–water partition coefficient (Wildman–Crippen LogP) is 2.16. The minimum Gasteiger partial charge on any atom is -0.391 e. The van der Waals surface area contributed by atoms with E-state index in [0.717, 1.165) is 5.56 Å². The molecule has 0 spiro atoms. The van der Waals surface area contributed by atoms with Crippen LogP contribution in [0.3, 0.4) is 0 Å². The van der Waals surface area contributed by atoms with E-state index in [1.54, 1.807) is 12.1 Å². The molecule has 0 aliphatic carbocycles. The number of nitrogens with two attached hydrogens (primary N) is 1. The quantitative estimate of drug-likeness (QED) is 0.889. The van der Waals surface area contributed by atoms with E-state index in [4.69, 9.17) is 17.3 Å². The lowest BCUT2D eigenvalue weighted by Crippen LogP contribution is -2.26. The molecule has 0 unspecified atom stereocenters. The standard InChI is InChI=1S/C14H14ClFN4O/c15-12-13(17)18-7-19-14(12)20-6-10(21)5-11(20)8-1-3-9(16)4-2-8/h1-4,7,10-11,21H,5-6H2,(H2,17,18,19)/t10-,11+/m0/s1. The lowest BCUT2D eigenvalue weighted by Gasteiger charge is -2.26. The van der Waals surface area contributed by atoms with Crippen molar-refractivity contribution in [1.82, 2.24) is 9.97 Å². The maximum atomic E-state index is 13.1. The van der Waals surface area contributed by atoms with Gasteiger partial charge in [0, 0.05) is 6.54 Å². The van der Waals surface area contributed by atoms with Crippen molar-refractivity contribution in [3.05, 3.63) is 47.0 Å². The molecule has 0 saturated carbocycles. The minimum atomic E-state index is -0.507. The van der Waals surface area contributed by atoms with Gasteiger partial charge in [-0.25, -0.2) is 14.4 Å². The molecule has 0 bridgehead atoms. The van der Waals surface area contributed by atoms with Gasteiger partial charge in [0.15, 0.2) is 5.82 Å². The number of rotatable bonds is 2. The maximum Gasteiger partial charge on any atom is 0.153 e. The van der Waals surface area contributed by atoms with E-state index in [0.29, 0.717) is 18.8 Å². The zero-order valence-electron chi connectivity index (χ0n) is 11.1. The van der Waals surface area contributed by atoms with E-state index in [2.05, 4.69) is 9.97 Å². The second kappa shape index (κ2) is 5.46. The Bertz CT molecular complexity index is 652. The first-order valence-electron chi connectivity index (χ1n) is 6.52. The van der Waals surface area contributed by atoms with Gasteiger partial charge in [0.1, 0.15) is 23.0 Å². The average molecular weight is 309 g/mol. The zero-order valence-corrected chi connectivity index (χ0v) is 11.8. The van der Waals surface area contributed by atoms with Gasteiger partial charge in [-0.1, -0.05) is 23.7 Å². The summed E-state index contributed by atoms with van der Waals surface area (Å²) in [4.78, 5) is 9.87. The number of β-amino-alcohol motifs (C(OH)–C–C–N with tert-alkyl or cyclic N) is 1. The summed E-state index contributed by atoms with van der Waals surface area (Å²) >= 11 is 6.17. The van der Waals surface area contributed by atoms with Crippen molar-refractivity contribution in [2.75, 3.05) is 17.2 Å². The highest BCUT2D eigenvalue weighted by Crippen LogP contribution is 2.39. The lowest BCUT2D eigenvalue weighted by molar-refractivity contribution is 0.194. The third-order valence-electron chi connectivity index (χ3n) is 3.60. The van der Waals surface area contributed by atoms with Crippen LogP contribution in [0.2, 0.25) is 5.02 Å². The lowest BCUT2D eigenvalue weighted by atomic mass is 10.0. The topological polar surface area (TPSA) is 75.3 Å². The van der Waals surface area contributed by atoms with Crippen molar-refractivity contribution in [3.8, 4) is 0 Å². The van der Waals surface area contributed by atoms with Crippen LogP contribution in [-0.2, 0) is 0 Å². The Labute approximate surface area is 126 Å². The molecule has 21 heavy (non-hydrogen) atoms. The summed E-state index contributed by atoms with van der Waals surface area (Å²) in [7, 11) is 0. The fourth-order valence-corrected chi connectivity index (χ4v) is 2.83. The van der Waals surface area contributed by atoms with Gasteiger partial charge in [-0.05, 0) is 24.1 Å². The van der Waals surface area contributed by atoms with E-state index in [9.17, 15) is 9.50 Å². The molecular weight excluding hydrogens is 295 g/mol. The first-order chi connectivity index (χ1) is 10.1. The van der Waals surface area contributed by atoms with Gasteiger partial charge < -0.3 is 15.7 Å². The molecule has 7 heteroatoms. The highest BCUT2D eigenvalue weighted by atomic mass is 35.5. The van der Waals surface area contributed by atoms with E-state index in [-0.39, 0.29) is 22.7 Å². The molecule has 0 radical (unpaired) electrons. The van der Waals surface area contributed by atoms with Crippen molar-refractivity contribution >= 4 is 23.2 Å². The number of hydrogen-bond acceptors (Lipinski definition) is 5. The van der Waals surface area contributed by atoms with Crippen molar-refractivity contribution in [2.45, 2.75) is 18.6 Å². The zero-order chi connectivity index (χ0) is 15.0. The highest BCUT2D eigenvalue weighted by Gasteiger charge is 2.34.